The molecule has 1 atom stereocenters. The molecule has 0 aromatic heterocycles. The quantitative estimate of drug-likeness (QED) is 0.268. The smallest absolute Gasteiger partial charge is 1.00 e. The van der Waals surface area contributed by atoms with E-state index in [9.17, 15) is 4.79 Å². The minimum atomic E-state index is -4.64. The summed E-state index contributed by atoms with van der Waals surface area (Å²) < 4.78 is 8.88. The molecule has 5 N–H and O–H groups in total. The van der Waals surface area contributed by atoms with Gasteiger partial charge in [0, 0.05) is 0 Å². The number of aliphatic hydroxyl groups is 1. The molecule has 0 saturated carbocycles. The standard InChI is InChI=1S/C3H6O3.4Ca.H3O4P.8H/c1-2(4)3(5)6;;;;;1-5(2,3)4;;;;;;;;/h2,4H,1H3,(H,5,6);;;;;(H3,1,2,3,4);;;;;;;;/q;4*+2;;8*-1. The van der Waals surface area contributed by atoms with Crippen molar-refractivity contribution in [3.63, 3.8) is 0 Å². The van der Waals surface area contributed by atoms with Gasteiger partial charge in [-0.1, -0.05) is 0 Å². The van der Waals surface area contributed by atoms with Gasteiger partial charge in [-0.3, -0.25) is 0 Å². The average molecular weight is 356 g/mol. The summed E-state index contributed by atoms with van der Waals surface area (Å²) in [5.74, 6) is -1.19. The van der Waals surface area contributed by atoms with E-state index in [0.29, 0.717) is 0 Å². The van der Waals surface area contributed by atoms with Crippen LogP contribution in [0.15, 0.2) is 0 Å². The average Bonchev–Trinajstić information content (AvgIpc) is 1.59. The van der Waals surface area contributed by atoms with Crippen molar-refractivity contribution >= 4 is 165 Å². The Balaban J connectivity index is -0.00000000387. The Morgan fingerprint density at radius 3 is 1.20 bits per heavy atom. The Bertz CT molecular complexity index is 183. The van der Waals surface area contributed by atoms with Crippen molar-refractivity contribution in [2.75, 3.05) is 0 Å². The van der Waals surface area contributed by atoms with E-state index in [1.165, 1.54) is 6.92 Å². The van der Waals surface area contributed by atoms with Crippen LogP contribution in [0.25, 0.3) is 0 Å². The van der Waals surface area contributed by atoms with Crippen molar-refractivity contribution in [1.29, 1.82) is 0 Å². The number of hydrogen-bond donors (Lipinski definition) is 5. The summed E-state index contributed by atoms with van der Waals surface area (Å²) in [5, 5.41) is 15.8. The zero-order valence-electron chi connectivity index (χ0n) is 16.4. The fraction of sp³-hybridized carbons (Fsp3) is 0.667. The van der Waals surface area contributed by atoms with Crippen LogP contribution in [0, 0.1) is 0 Å². The van der Waals surface area contributed by atoms with Crippen LogP contribution < -0.4 is 0 Å². The second-order valence-electron chi connectivity index (χ2n) is 1.53. The van der Waals surface area contributed by atoms with Gasteiger partial charge < -0.3 is 36.3 Å². The molecule has 0 radical (unpaired) electrons. The molecule has 0 aliphatic heterocycles. The van der Waals surface area contributed by atoms with Crippen molar-refractivity contribution in [2.24, 2.45) is 0 Å². The maximum Gasteiger partial charge on any atom is 2.00 e. The largest absolute Gasteiger partial charge is 2.00 e. The molecule has 0 aromatic carbocycles. The molecule has 0 rings (SSSR count). The molecule has 84 valence electrons. The van der Waals surface area contributed by atoms with Gasteiger partial charge in [-0.25, -0.2) is 9.36 Å². The summed E-state index contributed by atoms with van der Waals surface area (Å²) >= 11 is 0. The topological polar surface area (TPSA) is 135 Å². The first-order valence-electron chi connectivity index (χ1n) is 2.33. The van der Waals surface area contributed by atoms with E-state index in [-0.39, 0.29) is 162 Å². The fourth-order valence-electron chi connectivity index (χ4n) is 0. The Kier molecular flexibility index (Phi) is 51.0. The van der Waals surface area contributed by atoms with Crippen molar-refractivity contribution in [3.8, 4) is 0 Å². The van der Waals surface area contributed by atoms with E-state index in [1.54, 1.807) is 0 Å². The number of carboxylic acids is 1. The third-order valence-corrected chi connectivity index (χ3v) is 0.357. The Labute approximate surface area is 218 Å². The first kappa shape index (κ1) is 36.7. The van der Waals surface area contributed by atoms with Crippen LogP contribution in [0.1, 0.15) is 18.3 Å². The molecule has 0 aliphatic carbocycles. The maximum absolute atomic E-state index is 9.45. The second kappa shape index (κ2) is 20.9. The predicted octanol–water partition coefficient (Wildman–Crippen LogP) is -2.10. The summed E-state index contributed by atoms with van der Waals surface area (Å²) in [7, 11) is -4.64. The third-order valence-electron chi connectivity index (χ3n) is 0.357. The number of aliphatic hydroxyl groups excluding tert-OH is 1. The normalized spacial score (nSPS) is 9.40. The number of rotatable bonds is 1. The summed E-state index contributed by atoms with van der Waals surface area (Å²) in [6.45, 7) is 1.20. The fourth-order valence-corrected chi connectivity index (χ4v) is 0. The zero-order valence-corrected chi connectivity index (χ0v) is 18.1. The van der Waals surface area contributed by atoms with Crippen LogP contribution in [0.5, 0.6) is 0 Å². The minimum absolute atomic E-state index is 0. The number of aliphatic carboxylic acids is 1. The predicted molar refractivity (Wildman–Crippen MR) is 65.5 cm³/mol. The van der Waals surface area contributed by atoms with Crippen LogP contribution in [0.4, 0.5) is 0 Å². The minimum Gasteiger partial charge on any atom is -1.00 e. The van der Waals surface area contributed by atoms with Crippen molar-refractivity contribution in [3.05, 3.63) is 0 Å². The van der Waals surface area contributed by atoms with Gasteiger partial charge in [0.15, 0.2) is 0 Å². The van der Waals surface area contributed by atoms with Gasteiger partial charge in [-0.05, 0) is 6.92 Å². The molecule has 0 aromatic rings. The molecule has 0 spiro atoms. The van der Waals surface area contributed by atoms with E-state index >= 15 is 0 Å². The monoisotopic (exact) mass is 356 g/mol. The molecule has 0 fully saturated rings. The third kappa shape index (κ3) is 69.4. The van der Waals surface area contributed by atoms with Crippen LogP contribution in [-0.4, -0.2) is 188 Å². The van der Waals surface area contributed by atoms with Gasteiger partial charge in [0.25, 0.3) is 0 Å². The van der Waals surface area contributed by atoms with E-state index in [0.717, 1.165) is 0 Å². The number of carbonyl (C=O) groups is 1. The van der Waals surface area contributed by atoms with E-state index in [2.05, 4.69) is 0 Å². The van der Waals surface area contributed by atoms with Crippen LogP contribution in [0.3, 0.4) is 0 Å². The number of hydrogen-bond acceptors (Lipinski definition) is 3. The SMILES string of the molecule is CC(O)C(=O)O.O=P(O)(O)O.[Ca+2].[Ca+2].[Ca+2].[Ca+2].[H-].[H-].[H-].[H-].[H-].[H-].[H-].[H-]. The first-order valence-corrected chi connectivity index (χ1v) is 3.90. The molecule has 0 heterocycles. The second-order valence-corrected chi connectivity index (χ2v) is 2.55. The first-order chi connectivity index (χ1) is 4.64. The molecule has 0 aliphatic rings. The van der Waals surface area contributed by atoms with Gasteiger partial charge in [0.1, 0.15) is 6.10 Å². The van der Waals surface area contributed by atoms with Gasteiger partial charge in [0.2, 0.25) is 0 Å². The summed E-state index contributed by atoms with van der Waals surface area (Å²) in [6.07, 6.45) is -1.23. The summed E-state index contributed by atoms with van der Waals surface area (Å²) in [4.78, 5) is 31.0. The molecule has 12 heteroatoms. The summed E-state index contributed by atoms with van der Waals surface area (Å²) in [6, 6.07) is 0. The van der Waals surface area contributed by atoms with Gasteiger partial charge in [-0.15, -0.1) is 0 Å². The maximum atomic E-state index is 9.45. The Morgan fingerprint density at radius 1 is 1.13 bits per heavy atom. The van der Waals surface area contributed by atoms with Gasteiger partial charge in [-0.2, -0.15) is 0 Å². The molecule has 1 unspecified atom stereocenters. The van der Waals surface area contributed by atoms with Gasteiger partial charge in [0.05, 0.1) is 0 Å². The molecular formula is C3H17Ca4O7P. The van der Waals surface area contributed by atoms with E-state index < -0.39 is 19.9 Å². The van der Waals surface area contributed by atoms with Crippen LogP contribution in [-0.2, 0) is 9.36 Å². The summed E-state index contributed by atoms with van der Waals surface area (Å²) in [5.41, 5.74) is 0. The van der Waals surface area contributed by atoms with Crippen molar-refractivity contribution in [2.45, 2.75) is 13.0 Å². The Hall–Kier alpha value is 4.58. The van der Waals surface area contributed by atoms with Crippen molar-refractivity contribution in [1.82, 2.24) is 0 Å². The van der Waals surface area contributed by atoms with Crippen LogP contribution in [0.2, 0.25) is 0 Å². The van der Waals surface area contributed by atoms with E-state index in [1.807, 2.05) is 0 Å². The molecule has 0 bridgehead atoms. The van der Waals surface area contributed by atoms with Crippen LogP contribution >= 0.6 is 7.82 Å². The molecular weight excluding hydrogens is 339 g/mol. The molecule has 7 nitrogen and oxygen atoms in total. The van der Waals surface area contributed by atoms with E-state index in [4.69, 9.17) is 29.5 Å². The number of phosphoric acid groups is 1. The molecule has 0 saturated heterocycles. The molecule has 0 amide bonds. The van der Waals surface area contributed by atoms with Crippen molar-refractivity contribution < 1.29 is 45.7 Å². The number of carboxylic acid groups (broad SMARTS) is 1. The Morgan fingerprint density at radius 2 is 1.20 bits per heavy atom. The molecule has 15 heavy (non-hydrogen) atoms. The van der Waals surface area contributed by atoms with Gasteiger partial charge >= 0.3 is 165 Å². The zero-order chi connectivity index (χ0) is 9.65.